The second-order valence-corrected chi connectivity index (χ2v) is 4.96. The van der Waals surface area contributed by atoms with Crippen molar-refractivity contribution < 1.29 is 14.6 Å². The summed E-state index contributed by atoms with van der Waals surface area (Å²) in [7, 11) is 1.53. The quantitative estimate of drug-likeness (QED) is 0.331. The lowest BCUT2D eigenvalue weighted by atomic mass is 10.2. The number of nitrogens with two attached hydrogens (primary N) is 1. The van der Waals surface area contributed by atoms with Crippen molar-refractivity contribution in [2.24, 2.45) is 10.8 Å². The van der Waals surface area contributed by atoms with Gasteiger partial charge in [-0.15, -0.1) is 5.10 Å². The van der Waals surface area contributed by atoms with Crippen LogP contribution in [-0.4, -0.2) is 45.3 Å². The number of hydrogen-bond acceptors (Lipinski definition) is 8. The van der Waals surface area contributed by atoms with Crippen LogP contribution in [0.15, 0.2) is 28.5 Å². The molecule has 2 aromatic rings. The average molecular weight is 322 g/mol. The molecule has 1 aromatic heterocycles. The second kappa shape index (κ2) is 7.31. The zero-order valence-corrected chi connectivity index (χ0v) is 12.4. The number of H-pyrrole nitrogens is 1. The average Bonchev–Trinajstić information content (AvgIpc) is 2.95. The number of nitrogens with one attached hydrogen (secondary N) is 2. The number of aromatic amines is 1. The molecule has 0 atom stereocenters. The van der Waals surface area contributed by atoms with Crippen molar-refractivity contribution in [1.82, 2.24) is 15.2 Å². The molecule has 5 N–H and O–H groups in total. The monoisotopic (exact) mass is 322 g/mol. The Bertz CT molecular complexity index is 687. The number of thioether (sulfide) groups is 1. The van der Waals surface area contributed by atoms with Gasteiger partial charge >= 0.3 is 0 Å². The fourth-order valence-electron chi connectivity index (χ4n) is 1.42. The van der Waals surface area contributed by atoms with Crippen molar-refractivity contribution in [2.75, 3.05) is 18.3 Å². The lowest BCUT2D eigenvalue weighted by molar-refractivity contribution is -0.115. The molecule has 1 amide bonds. The highest BCUT2D eigenvalue weighted by molar-refractivity contribution is 7.99. The Balaban J connectivity index is 1.96. The standard InChI is InChI=1S/C12H14N6O3S/c1-21-8-2-3-9(19)7(4-8)5-14-16-11-15-12(18-17-11)22-6-10(13)20/h2-5,19H,6H2,1H3,(H2,13,20)(H2,15,16,17,18)/b14-5-. The Hall–Kier alpha value is -2.75. The maximum absolute atomic E-state index is 10.7. The van der Waals surface area contributed by atoms with Gasteiger partial charge in [0.1, 0.15) is 11.5 Å². The van der Waals surface area contributed by atoms with E-state index in [4.69, 9.17) is 10.5 Å². The van der Waals surface area contributed by atoms with E-state index in [2.05, 4.69) is 25.7 Å². The zero-order chi connectivity index (χ0) is 15.9. The second-order valence-electron chi connectivity index (χ2n) is 4.02. The number of phenolic OH excluding ortho intramolecular Hbond substituents is 1. The molecule has 2 rings (SSSR count). The number of methoxy groups -OCH3 is 1. The molecule has 1 heterocycles. The number of carbonyl (C=O) groups excluding carboxylic acids is 1. The topological polar surface area (TPSA) is 139 Å². The van der Waals surface area contributed by atoms with Gasteiger partial charge in [-0.1, -0.05) is 11.8 Å². The smallest absolute Gasteiger partial charge is 0.240 e. The number of rotatable bonds is 7. The van der Waals surface area contributed by atoms with E-state index in [0.29, 0.717) is 22.4 Å². The summed E-state index contributed by atoms with van der Waals surface area (Å²) >= 11 is 1.11. The van der Waals surface area contributed by atoms with Crippen molar-refractivity contribution in [3.05, 3.63) is 23.8 Å². The van der Waals surface area contributed by atoms with Gasteiger partial charge in [-0.2, -0.15) is 10.1 Å². The van der Waals surface area contributed by atoms with E-state index in [0.717, 1.165) is 11.8 Å². The molecule has 0 radical (unpaired) electrons. The molecule has 0 aliphatic carbocycles. The minimum atomic E-state index is -0.448. The summed E-state index contributed by atoms with van der Waals surface area (Å²) in [6.45, 7) is 0. The summed E-state index contributed by atoms with van der Waals surface area (Å²) < 4.78 is 5.06. The molecule has 0 saturated carbocycles. The minimum absolute atomic E-state index is 0.0709. The first kappa shape index (κ1) is 15.6. The van der Waals surface area contributed by atoms with Crippen LogP contribution in [0.2, 0.25) is 0 Å². The molecule has 0 unspecified atom stereocenters. The number of primary amides is 1. The summed E-state index contributed by atoms with van der Waals surface area (Å²) in [5.41, 5.74) is 8.14. The van der Waals surface area contributed by atoms with Gasteiger partial charge in [0.15, 0.2) is 0 Å². The predicted molar refractivity (Wildman–Crippen MR) is 82.2 cm³/mol. The highest BCUT2D eigenvalue weighted by Crippen LogP contribution is 2.21. The van der Waals surface area contributed by atoms with Crippen LogP contribution in [-0.2, 0) is 4.79 Å². The van der Waals surface area contributed by atoms with Gasteiger partial charge in [0.2, 0.25) is 17.0 Å². The summed E-state index contributed by atoms with van der Waals surface area (Å²) in [5.74, 6) is 0.616. The third-order valence-corrected chi connectivity index (χ3v) is 3.29. The van der Waals surface area contributed by atoms with Crippen LogP contribution in [0.3, 0.4) is 0 Å². The number of nitrogens with zero attached hydrogens (tertiary/aromatic N) is 3. The molecule has 0 bridgehead atoms. The third kappa shape index (κ3) is 4.38. The number of ether oxygens (including phenoxy) is 1. The van der Waals surface area contributed by atoms with Gasteiger partial charge < -0.3 is 15.6 Å². The van der Waals surface area contributed by atoms with E-state index in [1.165, 1.54) is 19.4 Å². The number of aromatic nitrogens is 3. The first-order valence-electron chi connectivity index (χ1n) is 6.08. The zero-order valence-electron chi connectivity index (χ0n) is 11.6. The molecule has 1 aromatic carbocycles. The molecule has 10 heteroatoms. The molecule has 9 nitrogen and oxygen atoms in total. The molecule has 0 saturated heterocycles. The lowest BCUT2D eigenvalue weighted by Crippen LogP contribution is -2.13. The van der Waals surface area contributed by atoms with Gasteiger partial charge in [0.05, 0.1) is 19.1 Å². The normalized spacial score (nSPS) is 10.8. The van der Waals surface area contributed by atoms with Crippen molar-refractivity contribution in [3.63, 3.8) is 0 Å². The van der Waals surface area contributed by atoms with E-state index >= 15 is 0 Å². The molecular weight excluding hydrogens is 308 g/mol. The highest BCUT2D eigenvalue weighted by atomic mass is 32.2. The number of carbonyl (C=O) groups is 1. The first-order valence-corrected chi connectivity index (χ1v) is 7.06. The Morgan fingerprint density at radius 1 is 1.64 bits per heavy atom. The van der Waals surface area contributed by atoms with Crippen LogP contribution in [0, 0.1) is 0 Å². The number of hydrazone groups is 1. The fraction of sp³-hybridized carbons (Fsp3) is 0.167. The first-order chi connectivity index (χ1) is 10.6. The number of aromatic hydroxyl groups is 1. The van der Waals surface area contributed by atoms with Crippen LogP contribution in [0.1, 0.15) is 5.56 Å². The maximum atomic E-state index is 10.7. The SMILES string of the molecule is COc1ccc(O)c(/C=N\Nc2nc(SCC(N)=O)n[nH]2)c1. The Morgan fingerprint density at radius 3 is 3.18 bits per heavy atom. The van der Waals surface area contributed by atoms with E-state index in [9.17, 15) is 9.90 Å². The van der Waals surface area contributed by atoms with Gasteiger partial charge in [0.25, 0.3) is 0 Å². The van der Waals surface area contributed by atoms with Crippen LogP contribution >= 0.6 is 11.8 Å². The molecule has 0 aliphatic rings. The van der Waals surface area contributed by atoms with E-state index < -0.39 is 5.91 Å². The number of anilines is 1. The molecule has 0 spiro atoms. The number of benzene rings is 1. The number of hydrogen-bond donors (Lipinski definition) is 4. The number of phenols is 1. The van der Waals surface area contributed by atoms with Crippen LogP contribution < -0.4 is 15.9 Å². The van der Waals surface area contributed by atoms with Crippen LogP contribution in [0.5, 0.6) is 11.5 Å². The van der Waals surface area contributed by atoms with E-state index in [-0.39, 0.29) is 11.5 Å². The summed E-state index contributed by atoms with van der Waals surface area (Å²) in [5, 5.41) is 20.5. The molecule has 0 aliphatic heterocycles. The largest absolute Gasteiger partial charge is 0.507 e. The number of amides is 1. The summed E-state index contributed by atoms with van der Waals surface area (Å²) in [4.78, 5) is 14.7. The maximum Gasteiger partial charge on any atom is 0.240 e. The van der Waals surface area contributed by atoms with E-state index in [1.807, 2.05) is 0 Å². The predicted octanol–water partition coefficient (Wildman–Crippen LogP) is 0.542. The highest BCUT2D eigenvalue weighted by Gasteiger charge is 2.05. The third-order valence-electron chi connectivity index (χ3n) is 2.42. The molecule has 116 valence electrons. The molecule has 22 heavy (non-hydrogen) atoms. The van der Waals surface area contributed by atoms with Crippen molar-refractivity contribution in [1.29, 1.82) is 0 Å². The van der Waals surface area contributed by atoms with Crippen LogP contribution in [0.4, 0.5) is 5.95 Å². The summed E-state index contributed by atoms with van der Waals surface area (Å²) in [6.07, 6.45) is 1.41. The van der Waals surface area contributed by atoms with Gasteiger partial charge in [0, 0.05) is 5.56 Å². The Morgan fingerprint density at radius 2 is 2.45 bits per heavy atom. The van der Waals surface area contributed by atoms with Crippen molar-refractivity contribution in [3.8, 4) is 11.5 Å². The van der Waals surface area contributed by atoms with Gasteiger partial charge in [-0.05, 0) is 18.2 Å². The Labute approximate surface area is 130 Å². The van der Waals surface area contributed by atoms with Crippen LogP contribution in [0.25, 0.3) is 0 Å². The molecular formula is C12H14N6O3S. The van der Waals surface area contributed by atoms with Gasteiger partial charge in [-0.25, -0.2) is 10.5 Å². The molecule has 0 fully saturated rings. The van der Waals surface area contributed by atoms with E-state index in [1.54, 1.807) is 12.1 Å². The van der Waals surface area contributed by atoms with Crippen molar-refractivity contribution in [2.45, 2.75) is 5.16 Å². The minimum Gasteiger partial charge on any atom is -0.507 e. The van der Waals surface area contributed by atoms with Gasteiger partial charge in [-0.3, -0.25) is 4.79 Å². The van der Waals surface area contributed by atoms with Crippen molar-refractivity contribution >= 4 is 29.8 Å². The summed E-state index contributed by atoms with van der Waals surface area (Å²) in [6, 6.07) is 4.78. The lowest BCUT2D eigenvalue weighted by Gasteiger charge is -2.02. The fourth-order valence-corrected chi connectivity index (χ4v) is 1.96. The Kier molecular flexibility index (Phi) is 5.20.